The Morgan fingerprint density at radius 2 is 1.84 bits per heavy atom. The number of aliphatic hydroxyl groups excluding tert-OH is 1. The summed E-state index contributed by atoms with van der Waals surface area (Å²) in [4.78, 5) is 14.0. The van der Waals surface area contributed by atoms with E-state index in [1.165, 1.54) is 25.7 Å². The summed E-state index contributed by atoms with van der Waals surface area (Å²) in [6.45, 7) is 1.69. The van der Waals surface area contributed by atoms with Gasteiger partial charge in [0.25, 0.3) is 0 Å². The van der Waals surface area contributed by atoms with E-state index in [2.05, 4.69) is 10.2 Å². The molecule has 4 nitrogen and oxygen atoms in total. The van der Waals surface area contributed by atoms with Gasteiger partial charge in [-0.05, 0) is 45.7 Å². The minimum Gasteiger partial charge on any atom is -0.396 e. The molecule has 1 aliphatic rings. The highest BCUT2D eigenvalue weighted by Gasteiger charge is 2.15. The number of hydrogen-bond donors (Lipinski definition) is 2. The van der Waals surface area contributed by atoms with E-state index in [9.17, 15) is 4.79 Å². The van der Waals surface area contributed by atoms with Crippen molar-refractivity contribution in [3.05, 3.63) is 0 Å². The van der Waals surface area contributed by atoms with E-state index in [1.54, 1.807) is 0 Å². The molecule has 0 aromatic heterocycles. The van der Waals surface area contributed by atoms with Gasteiger partial charge < -0.3 is 10.4 Å². The van der Waals surface area contributed by atoms with Gasteiger partial charge in [-0.15, -0.1) is 0 Å². The van der Waals surface area contributed by atoms with E-state index in [-0.39, 0.29) is 12.5 Å². The highest BCUT2D eigenvalue weighted by molar-refractivity contribution is 5.78. The molecule has 2 N–H and O–H groups in total. The average molecular weight is 270 g/mol. The number of nitrogens with zero attached hydrogens (tertiary/aromatic N) is 1. The van der Waals surface area contributed by atoms with Crippen molar-refractivity contribution in [1.29, 1.82) is 0 Å². The summed E-state index contributed by atoms with van der Waals surface area (Å²) >= 11 is 0. The fraction of sp³-hybridized carbons (Fsp3) is 0.933. The number of nitrogens with one attached hydrogen (secondary N) is 1. The second-order valence-corrected chi connectivity index (χ2v) is 5.78. The van der Waals surface area contributed by atoms with E-state index in [0.717, 1.165) is 38.6 Å². The molecule has 0 aliphatic heterocycles. The maximum atomic E-state index is 11.9. The van der Waals surface area contributed by atoms with Crippen molar-refractivity contribution in [3.8, 4) is 0 Å². The zero-order valence-corrected chi connectivity index (χ0v) is 12.4. The van der Waals surface area contributed by atoms with Gasteiger partial charge in [0.2, 0.25) is 5.91 Å². The first-order chi connectivity index (χ1) is 9.22. The molecule has 0 aromatic rings. The number of unbranched alkanes of at least 4 members (excludes halogenated alkanes) is 2. The zero-order valence-electron chi connectivity index (χ0n) is 12.4. The van der Waals surface area contributed by atoms with Crippen molar-refractivity contribution in [2.75, 3.05) is 26.7 Å². The number of carbonyl (C=O) groups is 1. The van der Waals surface area contributed by atoms with Crippen LogP contribution >= 0.6 is 0 Å². The van der Waals surface area contributed by atoms with Gasteiger partial charge in [0.05, 0.1) is 6.54 Å². The van der Waals surface area contributed by atoms with Gasteiger partial charge in [0, 0.05) is 12.6 Å². The molecule has 1 amide bonds. The van der Waals surface area contributed by atoms with Gasteiger partial charge in [0.15, 0.2) is 0 Å². The van der Waals surface area contributed by atoms with Gasteiger partial charge in [-0.1, -0.05) is 25.7 Å². The lowest BCUT2D eigenvalue weighted by Crippen LogP contribution is -2.41. The van der Waals surface area contributed by atoms with Crippen molar-refractivity contribution >= 4 is 5.91 Å². The Balaban J connectivity index is 2.11. The van der Waals surface area contributed by atoms with Gasteiger partial charge in [-0.2, -0.15) is 0 Å². The predicted molar refractivity (Wildman–Crippen MR) is 78.1 cm³/mol. The first-order valence-electron chi connectivity index (χ1n) is 7.81. The summed E-state index contributed by atoms with van der Waals surface area (Å²) in [5.41, 5.74) is 0. The molecule has 19 heavy (non-hydrogen) atoms. The number of carbonyl (C=O) groups excluding carboxylic acids is 1. The van der Waals surface area contributed by atoms with Crippen LogP contribution in [0.5, 0.6) is 0 Å². The lowest BCUT2D eigenvalue weighted by Gasteiger charge is -2.20. The van der Waals surface area contributed by atoms with Crippen molar-refractivity contribution in [2.24, 2.45) is 0 Å². The first kappa shape index (κ1) is 16.4. The summed E-state index contributed by atoms with van der Waals surface area (Å²) in [6, 6.07) is 0.401. The average Bonchev–Trinajstić information content (AvgIpc) is 2.63. The first-order valence-corrected chi connectivity index (χ1v) is 7.81. The van der Waals surface area contributed by atoms with Gasteiger partial charge in [-0.3, -0.25) is 9.69 Å². The maximum absolute atomic E-state index is 11.9. The Morgan fingerprint density at radius 1 is 1.16 bits per heavy atom. The second-order valence-electron chi connectivity index (χ2n) is 5.78. The van der Waals surface area contributed by atoms with Crippen LogP contribution in [0.2, 0.25) is 0 Å². The third-order valence-electron chi connectivity index (χ3n) is 3.83. The van der Waals surface area contributed by atoms with Crippen LogP contribution in [0.3, 0.4) is 0 Å². The molecule has 112 valence electrons. The van der Waals surface area contributed by atoms with E-state index >= 15 is 0 Å². The summed E-state index contributed by atoms with van der Waals surface area (Å²) in [5.74, 6) is 0.163. The molecule has 1 saturated carbocycles. The Bertz CT molecular complexity index is 238. The van der Waals surface area contributed by atoms with Crippen molar-refractivity contribution in [3.63, 3.8) is 0 Å². The number of rotatable bonds is 8. The van der Waals surface area contributed by atoms with Crippen LogP contribution in [0.15, 0.2) is 0 Å². The molecule has 0 bridgehead atoms. The van der Waals surface area contributed by atoms with Crippen LogP contribution in [0.4, 0.5) is 0 Å². The Kier molecular flexibility index (Phi) is 8.84. The number of amides is 1. The predicted octanol–water partition coefficient (Wildman–Crippen LogP) is 1.92. The number of hydrogen-bond acceptors (Lipinski definition) is 3. The quantitative estimate of drug-likeness (QED) is 0.523. The van der Waals surface area contributed by atoms with E-state index < -0.39 is 0 Å². The zero-order chi connectivity index (χ0) is 13.9. The summed E-state index contributed by atoms with van der Waals surface area (Å²) in [5, 5.41) is 11.9. The van der Waals surface area contributed by atoms with E-state index in [4.69, 9.17) is 5.11 Å². The maximum Gasteiger partial charge on any atom is 0.234 e. The van der Waals surface area contributed by atoms with Gasteiger partial charge in [0.1, 0.15) is 0 Å². The molecule has 0 spiro atoms. The van der Waals surface area contributed by atoms with Crippen LogP contribution in [-0.4, -0.2) is 48.7 Å². The molecule has 0 unspecified atom stereocenters. The third kappa shape index (κ3) is 8.22. The third-order valence-corrected chi connectivity index (χ3v) is 3.83. The van der Waals surface area contributed by atoms with Gasteiger partial charge in [-0.25, -0.2) is 0 Å². The highest BCUT2D eigenvalue weighted by atomic mass is 16.2. The SMILES string of the molecule is CN(CCCCCO)CC(=O)NC1CCCCCC1. The van der Waals surface area contributed by atoms with Crippen molar-refractivity contribution in [2.45, 2.75) is 63.8 Å². The van der Waals surface area contributed by atoms with Gasteiger partial charge >= 0.3 is 0 Å². The van der Waals surface area contributed by atoms with Crippen LogP contribution < -0.4 is 5.32 Å². The normalized spacial score (nSPS) is 17.4. The molecule has 0 radical (unpaired) electrons. The second kappa shape index (κ2) is 10.2. The molecule has 1 fully saturated rings. The lowest BCUT2D eigenvalue weighted by molar-refractivity contribution is -0.122. The minimum atomic E-state index is 0.163. The fourth-order valence-electron chi connectivity index (χ4n) is 2.69. The molecule has 0 heterocycles. The standard InChI is InChI=1S/C15H30N2O2/c1-17(11-7-4-8-12-18)13-15(19)16-14-9-5-2-3-6-10-14/h14,18H,2-13H2,1H3,(H,16,19). The van der Waals surface area contributed by atoms with Crippen molar-refractivity contribution < 1.29 is 9.90 Å². The van der Waals surface area contributed by atoms with Crippen LogP contribution in [0, 0.1) is 0 Å². The number of likely N-dealkylation sites (N-methyl/N-ethyl adjacent to an activating group) is 1. The molecule has 0 saturated heterocycles. The molecule has 1 rings (SSSR count). The van der Waals surface area contributed by atoms with Crippen LogP contribution in [0.25, 0.3) is 0 Å². The Labute approximate surface area is 117 Å². The van der Waals surface area contributed by atoms with Crippen LogP contribution in [-0.2, 0) is 4.79 Å². The molecular formula is C15H30N2O2. The highest BCUT2D eigenvalue weighted by Crippen LogP contribution is 2.17. The van der Waals surface area contributed by atoms with Crippen LogP contribution in [0.1, 0.15) is 57.8 Å². The van der Waals surface area contributed by atoms with Crippen molar-refractivity contribution in [1.82, 2.24) is 10.2 Å². The summed E-state index contributed by atoms with van der Waals surface area (Å²) < 4.78 is 0. The largest absolute Gasteiger partial charge is 0.396 e. The van der Waals surface area contributed by atoms with E-state index in [0.29, 0.717) is 12.6 Å². The molecule has 0 atom stereocenters. The summed E-state index contributed by atoms with van der Waals surface area (Å²) in [6.07, 6.45) is 10.4. The lowest BCUT2D eigenvalue weighted by atomic mass is 10.1. The smallest absolute Gasteiger partial charge is 0.234 e. The minimum absolute atomic E-state index is 0.163. The monoisotopic (exact) mass is 270 g/mol. The topological polar surface area (TPSA) is 52.6 Å². The number of aliphatic hydroxyl groups is 1. The molecule has 4 heteroatoms. The van der Waals surface area contributed by atoms with E-state index in [1.807, 2.05) is 7.05 Å². The Hall–Kier alpha value is -0.610. The molecular weight excluding hydrogens is 240 g/mol. The molecule has 1 aliphatic carbocycles. The Morgan fingerprint density at radius 3 is 2.47 bits per heavy atom. The summed E-state index contributed by atoms with van der Waals surface area (Å²) in [7, 11) is 1.99. The molecule has 0 aromatic carbocycles. The fourth-order valence-corrected chi connectivity index (χ4v) is 2.69.